The van der Waals surface area contributed by atoms with E-state index >= 15 is 0 Å². The first-order valence-corrected chi connectivity index (χ1v) is 3.89. The van der Waals surface area contributed by atoms with Gasteiger partial charge in [0.05, 0.1) is 0 Å². The van der Waals surface area contributed by atoms with Gasteiger partial charge < -0.3 is 10.6 Å². The van der Waals surface area contributed by atoms with Crippen LogP contribution in [0.25, 0.3) is 0 Å². The molecule has 0 unspecified atom stereocenters. The summed E-state index contributed by atoms with van der Waals surface area (Å²) in [6.07, 6.45) is 2.83. The Morgan fingerprint density at radius 2 is 2.11 bits per heavy atom. The second kappa shape index (κ2) is 2.27. The van der Waals surface area contributed by atoms with Crippen LogP contribution in [0.4, 0.5) is 0 Å². The third-order valence-corrected chi connectivity index (χ3v) is 2.14. The van der Waals surface area contributed by atoms with Crippen LogP contribution in [0.1, 0.15) is 12.8 Å². The molecule has 2 N–H and O–H groups in total. The number of rotatable bonds is 3. The molecule has 2 rings (SSSR count). The fraction of sp³-hybridized carbons (Fsp3) is 1.00. The Bertz CT molecular complexity index is 95.1. The summed E-state index contributed by atoms with van der Waals surface area (Å²) in [6.45, 7) is 3.72. The summed E-state index contributed by atoms with van der Waals surface area (Å²) in [5.74, 6) is 0.936. The van der Waals surface area contributed by atoms with E-state index in [-0.39, 0.29) is 0 Å². The van der Waals surface area contributed by atoms with Crippen LogP contribution in [0.15, 0.2) is 0 Å². The van der Waals surface area contributed by atoms with Gasteiger partial charge in [0.2, 0.25) is 0 Å². The van der Waals surface area contributed by atoms with Crippen molar-refractivity contribution in [3.8, 4) is 0 Å². The molecule has 9 heavy (non-hydrogen) atoms. The molecule has 2 aliphatic rings. The van der Waals surface area contributed by atoms with Crippen LogP contribution in [0.3, 0.4) is 0 Å². The van der Waals surface area contributed by atoms with Crippen LogP contribution >= 0.6 is 0 Å². The maximum absolute atomic E-state index is 3.52. The molecule has 0 radical (unpaired) electrons. The molecule has 1 heterocycles. The Morgan fingerprint density at radius 3 is 2.56 bits per heavy atom. The highest BCUT2D eigenvalue weighted by molar-refractivity contribution is 4.84. The van der Waals surface area contributed by atoms with Crippen molar-refractivity contribution in [2.24, 2.45) is 5.92 Å². The molecule has 0 aromatic heterocycles. The van der Waals surface area contributed by atoms with Gasteiger partial charge in [-0.15, -0.1) is 0 Å². The lowest BCUT2D eigenvalue weighted by Crippen LogP contribution is -2.47. The van der Waals surface area contributed by atoms with Crippen LogP contribution in [0.2, 0.25) is 0 Å². The molecule has 2 nitrogen and oxygen atoms in total. The number of hydrogen-bond donors (Lipinski definition) is 2. The topological polar surface area (TPSA) is 24.1 Å². The molecular formula is C7H14N2. The minimum absolute atomic E-state index is 0.894. The highest BCUT2D eigenvalue weighted by atomic mass is 15.0. The standard InChI is InChI=1S/C7H14N2/c1-2-7(1)9-5-6-3-8-4-6/h6-9H,1-5H2. The van der Waals surface area contributed by atoms with Crippen molar-refractivity contribution in [3.63, 3.8) is 0 Å². The highest BCUT2D eigenvalue weighted by Crippen LogP contribution is 2.19. The lowest BCUT2D eigenvalue weighted by Gasteiger charge is -2.27. The third-order valence-electron chi connectivity index (χ3n) is 2.14. The first kappa shape index (κ1) is 5.69. The molecule has 2 fully saturated rings. The molecule has 1 saturated heterocycles. The Labute approximate surface area is 56.0 Å². The van der Waals surface area contributed by atoms with Gasteiger partial charge in [-0.1, -0.05) is 0 Å². The average Bonchev–Trinajstić information content (AvgIpc) is 2.44. The van der Waals surface area contributed by atoms with Crippen molar-refractivity contribution in [2.75, 3.05) is 19.6 Å². The molecule has 1 aliphatic carbocycles. The van der Waals surface area contributed by atoms with Crippen molar-refractivity contribution in [3.05, 3.63) is 0 Å². The lowest BCUT2D eigenvalue weighted by atomic mass is 10.0. The number of nitrogens with one attached hydrogen (secondary N) is 2. The van der Waals surface area contributed by atoms with Crippen molar-refractivity contribution in [2.45, 2.75) is 18.9 Å². The van der Waals surface area contributed by atoms with E-state index in [1.54, 1.807) is 0 Å². The molecule has 0 aromatic carbocycles. The van der Waals surface area contributed by atoms with Gasteiger partial charge >= 0.3 is 0 Å². The van der Waals surface area contributed by atoms with E-state index in [2.05, 4.69) is 10.6 Å². The zero-order valence-corrected chi connectivity index (χ0v) is 5.69. The quantitative estimate of drug-likeness (QED) is 0.554. The fourth-order valence-corrected chi connectivity index (χ4v) is 1.11. The van der Waals surface area contributed by atoms with Crippen LogP contribution in [-0.4, -0.2) is 25.7 Å². The SMILES string of the molecule is C1NCC1CNC1CC1. The second-order valence-electron chi connectivity index (χ2n) is 3.21. The smallest absolute Gasteiger partial charge is 0.00683 e. The maximum Gasteiger partial charge on any atom is 0.00683 e. The summed E-state index contributed by atoms with van der Waals surface area (Å²) in [5.41, 5.74) is 0. The summed E-state index contributed by atoms with van der Waals surface area (Å²) >= 11 is 0. The van der Waals surface area contributed by atoms with Gasteiger partial charge in [-0.3, -0.25) is 0 Å². The molecule has 0 spiro atoms. The molecule has 1 aliphatic heterocycles. The van der Waals surface area contributed by atoms with Gasteiger partial charge in [-0.05, 0) is 18.8 Å². The van der Waals surface area contributed by atoms with E-state index in [0.717, 1.165) is 12.0 Å². The average molecular weight is 126 g/mol. The van der Waals surface area contributed by atoms with Crippen molar-refractivity contribution in [1.29, 1.82) is 0 Å². The van der Waals surface area contributed by atoms with Gasteiger partial charge in [0, 0.05) is 25.7 Å². The summed E-state index contributed by atoms with van der Waals surface area (Å²) in [5, 5.41) is 6.78. The fourth-order valence-electron chi connectivity index (χ4n) is 1.11. The van der Waals surface area contributed by atoms with E-state index in [0.29, 0.717) is 0 Å². The second-order valence-corrected chi connectivity index (χ2v) is 3.21. The molecule has 2 heteroatoms. The summed E-state index contributed by atoms with van der Waals surface area (Å²) < 4.78 is 0. The van der Waals surface area contributed by atoms with E-state index < -0.39 is 0 Å². The van der Waals surface area contributed by atoms with Crippen LogP contribution < -0.4 is 10.6 Å². The van der Waals surface area contributed by atoms with E-state index in [1.807, 2.05) is 0 Å². The molecule has 0 amide bonds. The summed E-state index contributed by atoms with van der Waals surface area (Å²) in [6, 6.07) is 0.894. The summed E-state index contributed by atoms with van der Waals surface area (Å²) in [4.78, 5) is 0. The molecule has 1 saturated carbocycles. The normalized spacial score (nSPS) is 28.0. The zero-order valence-electron chi connectivity index (χ0n) is 5.69. The maximum atomic E-state index is 3.52. The van der Waals surface area contributed by atoms with Crippen LogP contribution in [0.5, 0.6) is 0 Å². The van der Waals surface area contributed by atoms with Crippen molar-refractivity contribution >= 4 is 0 Å². The molecule has 52 valence electrons. The van der Waals surface area contributed by atoms with Gasteiger partial charge in [-0.25, -0.2) is 0 Å². The van der Waals surface area contributed by atoms with Gasteiger partial charge in [0.1, 0.15) is 0 Å². The first-order chi connectivity index (χ1) is 4.45. The molecule has 0 aromatic rings. The lowest BCUT2D eigenvalue weighted by molar-refractivity contribution is 0.331. The number of hydrogen-bond acceptors (Lipinski definition) is 2. The Morgan fingerprint density at radius 1 is 1.33 bits per heavy atom. The summed E-state index contributed by atoms with van der Waals surface area (Å²) in [7, 11) is 0. The Balaban J connectivity index is 1.55. The monoisotopic (exact) mass is 126 g/mol. The van der Waals surface area contributed by atoms with E-state index in [4.69, 9.17) is 0 Å². The predicted octanol–water partition coefficient (Wildman–Crippen LogP) is -0.0422. The predicted molar refractivity (Wildman–Crippen MR) is 37.4 cm³/mol. The first-order valence-electron chi connectivity index (χ1n) is 3.89. The van der Waals surface area contributed by atoms with Crippen molar-refractivity contribution < 1.29 is 0 Å². The van der Waals surface area contributed by atoms with Gasteiger partial charge in [-0.2, -0.15) is 0 Å². The third kappa shape index (κ3) is 1.43. The van der Waals surface area contributed by atoms with Gasteiger partial charge in [0.25, 0.3) is 0 Å². The minimum Gasteiger partial charge on any atom is -0.316 e. The van der Waals surface area contributed by atoms with Crippen LogP contribution in [0, 0.1) is 5.92 Å². The highest BCUT2D eigenvalue weighted by Gasteiger charge is 2.23. The van der Waals surface area contributed by atoms with Crippen LogP contribution in [-0.2, 0) is 0 Å². The largest absolute Gasteiger partial charge is 0.316 e. The Kier molecular flexibility index (Phi) is 1.44. The van der Waals surface area contributed by atoms with E-state index in [9.17, 15) is 0 Å². The Hall–Kier alpha value is -0.0800. The molecule has 0 bridgehead atoms. The zero-order chi connectivity index (χ0) is 6.10. The van der Waals surface area contributed by atoms with Gasteiger partial charge in [0.15, 0.2) is 0 Å². The molecule has 0 atom stereocenters. The van der Waals surface area contributed by atoms with E-state index in [1.165, 1.54) is 32.5 Å². The minimum atomic E-state index is 0.894. The molecular weight excluding hydrogens is 112 g/mol. The van der Waals surface area contributed by atoms with Crippen molar-refractivity contribution in [1.82, 2.24) is 10.6 Å².